The lowest BCUT2D eigenvalue weighted by atomic mass is 9.78. The molecule has 0 radical (unpaired) electrons. The first-order valence-corrected chi connectivity index (χ1v) is 12.4. The Morgan fingerprint density at radius 2 is 1.05 bits per heavy atom. The third-order valence-corrected chi connectivity index (χ3v) is 7.55. The van der Waals surface area contributed by atoms with Gasteiger partial charge in [-0.25, -0.2) is 0 Å². The number of H-pyrrole nitrogens is 2. The second-order valence-electron chi connectivity index (χ2n) is 9.45. The molecule has 1 aliphatic rings. The minimum absolute atomic E-state index is 0.189. The lowest BCUT2D eigenvalue weighted by Crippen LogP contribution is -2.56. The highest BCUT2D eigenvalue weighted by Crippen LogP contribution is 2.50. The average molecular weight is 482 g/mol. The Balaban J connectivity index is 1.60. The van der Waals surface area contributed by atoms with Crippen molar-refractivity contribution in [3.8, 4) is 0 Å². The number of aromatic amines is 2. The topological polar surface area (TPSA) is 60.7 Å². The Bertz CT molecular complexity index is 1670. The Hall–Kier alpha value is -4.71. The van der Waals surface area contributed by atoms with Gasteiger partial charge in [0.25, 0.3) is 0 Å². The molecule has 0 saturated carbocycles. The van der Waals surface area contributed by atoms with Crippen LogP contribution >= 0.6 is 0 Å². The highest BCUT2D eigenvalue weighted by Gasteiger charge is 2.56. The Morgan fingerprint density at radius 1 is 0.595 bits per heavy atom. The largest absolute Gasteiger partial charge is 0.361 e. The molecule has 5 heteroatoms. The molecule has 4 aromatic carbocycles. The zero-order valence-corrected chi connectivity index (χ0v) is 20.1. The summed E-state index contributed by atoms with van der Waals surface area (Å²) in [6.07, 6.45) is 7.13. The third-order valence-electron chi connectivity index (χ3n) is 7.55. The molecule has 0 saturated heterocycles. The molecule has 7 rings (SSSR count). The molecule has 0 atom stereocenters. The molecule has 0 spiro atoms. The maximum Gasteiger partial charge on any atom is 0.162 e. The fourth-order valence-electron chi connectivity index (χ4n) is 5.88. The van der Waals surface area contributed by atoms with Gasteiger partial charge in [0.2, 0.25) is 0 Å². The number of aldehydes is 1. The van der Waals surface area contributed by atoms with E-state index in [-0.39, 0.29) is 4.59 Å². The summed E-state index contributed by atoms with van der Waals surface area (Å²) in [4.78, 5) is 20.0. The molecule has 3 N–H and O–H groups in total. The van der Waals surface area contributed by atoms with Gasteiger partial charge >= 0.3 is 0 Å². The van der Waals surface area contributed by atoms with Gasteiger partial charge < -0.3 is 9.97 Å². The van der Waals surface area contributed by atoms with Gasteiger partial charge in [0, 0.05) is 69.6 Å². The van der Waals surface area contributed by atoms with Crippen LogP contribution in [0.5, 0.6) is 0 Å². The second kappa shape index (κ2) is 8.17. The van der Waals surface area contributed by atoms with Crippen molar-refractivity contribution in [1.29, 1.82) is 0 Å². The zero-order valence-electron chi connectivity index (χ0n) is 20.1. The standard InChI is InChI=1S/C32H25N4O/c37-22-23-21-36(24-11-3-1-4-12-24,25-13-5-2-6-14-25)35-32(23,28-19-33-30-17-9-7-15-26(28)30)29-20-34-31-18-10-8-16-27(29)31/h1-22,33-35H/q+1. The van der Waals surface area contributed by atoms with Gasteiger partial charge in [-0.3, -0.25) is 4.79 Å². The SMILES string of the molecule is O=CC1=C[N+](c2ccccc2)(c2ccccc2)NC1(c1c[nH]c2ccccc12)c1c[nH]c2ccccc12. The fraction of sp³-hybridized carbons (Fsp3) is 0.0312. The van der Waals surface area contributed by atoms with Crippen LogP contribution in [0.25, 0.3) is 21.8 Å². The van der Waals surface area contributed by atoms with Crippen molar-refractivity contribution in [2.45, 2.75) is 5.54 Å². The van der Waals surface area contributed by atoms with Crippen LogP contribution in [-0.2, 0) is 10.3 Å². The molecule has 0 bridgehead atoms. The van der Waals surface area contributed by atoms with Crippen molar-refractivity contribution in [2.75, 3.05) is 0 Å². The summed E-state index contributed by atoms with van der Waals surface area (Å²) in [5, 5.41) is 2.13. The quantitative estimate of drug-likeness (QED) is 0.187. The van der Waals surface area contributed by atoms with Crippen LogP contribution in [0.4, 0.5) is 11.4 Å². The summed E-state index contributed by atoms with van der Waals surface area (Å²) in [7, 11) is 0. The van der Waals surface area contributed by atoms with Gasteiger partial charge in [-0.15, -0.1) is 5.43 Å². The number of nitrogens with one attached hydrogen (secondary N) is 3. The molecule has 1 aliphatic heterocycles. The maximum atomic E-state index is 13.1. The van der Waals surface area contributed by atoms with Crippen LogP contribution in [-0.4, -0.2) is 16.3 Å². The lowest BCUT2D eigenvalue weighted by Gasteiger charge is -2.37. The van der Waals surface area contributed by atoms with Crippen LogP contribution in [0.1, 0.15) is 11.1 Å². The summed E-state index contributed by atoms with van der Waals surface area (Å²) in [6, 6.07) is 37.0. The number of hydrogen-bond acceptors (Lipinski definition) is 2. The van der Waals surface area contributed by atoms with E-state index >= 15 is 0 Å². The van der Waals surface area contributed by atoms with Gasteiger partial charge in [-0.05, 0) is 12.1 Å². The van der Waals surface area contributed by atoms with Crippen LogP contribution in [0, 0.1) is 0 Å². The van der Waals surface area contributed by atoms with Crippen LogP contribution in [0.15, 0.2) is 133 Å². The molecule has 0 unspecified atom stereocenters. The fourth-order valence-corrected chi connectivity index (χ4v) is 5.88. The Labute approximate surface area is 214 Å². The number of carbonyl (C=O) groups is 1. The van der Waals surface area contributed by atoms with E-state index in [0.717, 1.165) is 50.6 Å². The van der Waals surface area contributed by atoms with E-state index in [1.54, 1.807) is 0 Å². The number of quaternary nitrogens is 1. The number of nitrogens with zero attached hydrogens (tertiary/aromatic N) is 1. The molecule has 0 fully saturated rings. The van der Waals surface area contributed by atoms with Gasteiger partial charge in [-0.1, -0.05) is 72.8 Å². The first kappa shape index (κ1) is 21.6. The number of benzene rings is 4. The lowest BCUT2D eigenvalue weighted by molar-refractivity contribution is -0.105. The average Bonchev–Trinajstić information content (AvgIpc) is 3.68. The summed E-state index contributed by atoms with van der Waals surface area (Å²) in [6.45, 7) is 0. The number of fused-ring (bicyclic) bond motifs is 2. The van der Waals surface area contributed by atoms with Gasteiger partial charge in [0.1, 0.15) is 6.20 Å². The van der Waals surface area contributed by atoms with E-state index in [1.165, 1.54) is 0 Å². The van der Waals surface area contributed by atoms with E-state index in [0.29, 0.717) is 5.57 Å². The van der Waals surface area contributed by atoms with Gasteiger partial charge in [-0.2, -0.15) is 4.59 Å². The number of para-hydroxylation sites is 4. The molecule has 178 valence electrons. The van der Waals surface area contributed by atoms with E-state index in [4.69, 9.17) is 0 Å². The smallest absolute Gasteiger partial charge is 0.162 e. The van der Waals surface area contributed by atoms with Crippen molar-refractivity contribution < 1.29 is 4.79 Å². The second-order valence-corrected chi connectivity index (χ2v) is 9.45. The molecule has 3 heterocycles. The predicted molar refractivity (Wildman–Crippen MR) is 149 cm³/mol. The summed E-state index contributed by atoms with van der Waals surface area (Å²) in [5.41, 5.74) is 9.78. The predicted octanol–water partition coefficient (Wildman–Crippen LogP) is 6.83. The van der Waals surface area contributed by atoms with E-state index in [1.807, 2.05) is 73.1 Å². The number of aromatic nitrogens is 2. The van der Waals surface area contributed by atoms with E-state index in [2.05, 4.69) is 70.1 Å². The highest BCUT2D eigenvalue weighted by atomic mass is 16.1. The number of carbonyl (C=O) groups excluding carboxylic acids is 1. The molecular weight excluding hydrogens is 456 g/mol. The monoisotopic (exact) mass is 481 g/mol. The van der Waals surface area contributed by atoms with Crippen molar-refractivity contribution in [3.63, 3.8) is 0 Å². The molecule has 0 amide bonds. The van der Waals surface area contributed by atoms with Crippen molar-refractivity contribution >= 4 is 39.5 Å². The van der Waals surface area contributed by atoms with Crippen LogP contribution < -0.4 is 10.0 Å². The van der Waals surface area contributed by atoms with E-state index < -0.39 is 5.54 Å². The van der Waals surface area contributed by atoms with E-state index in [9.17, 15) is 4.79 Å². The first-order chi connectivity index (χ1) is 18.3. The van der Waals surface area contributed by atoms with Crippen molar-refractivity contribution in [1.82, 2.24) is 20.0 Å². The number of hydrogen-bond donors (Lipinski definition) is 3. The third kappa shape index (κ3) is 3.02. The minimum atomic E-state index is -0.938. The Kier molecular flexibility index (Phi) is 4.76. The molecule has 0 aliphatic carbocycles. The molecule has 6 aromatic rings. The first-order valence-electron chi connectivity index (χ1n) is 12.4. The maximum absolute atomic E-state index is 13.1. The summed E-state index contributed by atoms with van der Waals surface area (Å²) < 4.78 is 0.189. The van der Waals surface area contributed by atoms with Crippen LogP contribution in [0.3, 0.4) is 0 Å². The molecule has 2 aromatic heterocycles. The summed E-state index contributed by atoms with van der Waals surface area (Å²) in [5.74, 6) is 0. The molecule has 37 heavy (non-hydrogen) atoms. The zero-order chi connectivity index (χ0) is 24.9. The normalized spacial score (nSPS) is 16.2. The minimum Gasteiger partial charge on any atom is -0.361 e. The summed E-state index contributed by atoms with van der Waals surface area (Å²) >= 11 is 0. The van der Waals surface area contributed by atoms with Crippen molar-refractivity contribution in [3.05, 3.63) is 144 Å². The Morgan fingerprint density at radius 3 is 1.54 bits per heavy atom. The molecular formula is C32H25N4O+. The highest BCUT2D eigenvalue weighted by molar-refractivity contribution is 5.95. The van der Waals surface area contributed by atoms with Crippen LogP contribution in [0.2, 0.25) is 0 Å². The van der Waals surface area contributed by atoms with Gasteiger partial charge in [0.15, 0.2) is 23.2 Å². The number of rotatable bonds is 5. The van der Waals surface area contributed by atoms with Crippen molar-refractivity contribution in [2.24, 2.45) is 0 Å². The molecule has 5 nitrogen and oxygen atoms in total. The van der Waals surface area contributed by atoms with Gasteiger partial charge in [0.05, 0.1) is 5.57 Å².